The van der Waals surface area contributed by atoms with Crippen LogP contribution in [0.25, 0.3) is 0 Å². The van der Waals surface area contributed by atoms with Gasteiger partial charge in [-0.15, -0.1) is 0 Å². The molecule has 0 unspecified atom stereocenters. The number of hydrogen-bond acceptors (Lipinski definition) is 6. The molecule has 3 atom stereocenters. The van der Waals surface area contributed by atoms with Crippen molar-refractivity contribution in [3.05, 3.63) is 36.5 Å². The first-order valence-electron chi connectivity index (χ1n) is 7.03. The van der Waals surface area contributed by atoms with Crippen molar-refractivity contribution in [2.45, 2.75) is 24.6 Å². The van der Waals surface area contributed by atoms with E-state index < -0.39 is 6.10 Å². The van der Waals surface area contributed by atoms with E-state index in [-0.39, 0.29) is 23.7 Å². The molecule has 1 aliphatic rings. The number of rotatable bonds is 4. The summed E-state index contributed by atoms with van der Waals surface area (Å²) in [5, 5.41) is 16.9. The number of anilines is 1. The first-order valence-corrected chi connectivity index (χ1v) is 7.03. The van der Waals surface area contributed by atoms with Gasteiger partial charge < -0.3 is 15.3 Å². The van der Waals surface area contributed by atoms with E-state index in [0.717, 1.165) is 0 Å². The molecule has 1 fully saturated rings. The minimum Gasteiger partial charge on any atom is -0.391 e. The van der Waals surface area contributed by atoms with Gasteiger partial charge in [-0.05, 0) is 12.5 Å². The highest BCUT2D eigenvalue weighted by molar-refractivity contribution is 5.92. The lowest BCUT2D eigenvalue weighted by atomic mass is 9.83. The third-order valence-corrected chi connectivity index (χ3v) is 3.78. The summed E-state index contributed by atoms with van der Waals surface area (Å²) in [4.78, 5) is 22.3. The standard InChI is InChI=1S/C14H18N6O2/c1-19(2)12-8-15-10(7-16-12)14(22)18-9-6-11(21)13(9)20-5-3-4-17-20/h3-5,7-9,11,13,21H,6H2,1-2H3,(H,18,22)/t9-,11+,13+/m0/s1. The molecule has 0 saturated heterocycles. The van der Waals surface area contributed by atoms with Gasteiger partial charge in [-0.2, -0.15) is 5.10 Å². The van der Waals surface area contributed by atoms with Crippen LogP contribution in [0.4, 0.5) is 5.82 Å². The molecule has 2 N–H and O–H groups in total. The molecule has 2 aromatic heterocycles. The number of hydrogen-bond donors (Lipinski definition) is 2. The van der Waals surface area contributed by atoms with E-state index >= 15 is 0 Å². The highest BCUT2D eigenvalue weighted by Gasteiger charge is 2.42. The second kappa shape index (κ2) is 5.72. The largest absolute Gasteiger partial charge is 0.391 e. The number of nitrogens with one attached hydrogen (secondary N) is 1. The molecular formula is C14H18N6O2. The number of aliphatic hydroxyl groups excluding tert-OH is 1. The monoisotopic (exact) mass is 302 g/mol. The van der Waals surface area contributed by atoms with Gasteiger partial charge in [-0.1, -0.05) is 0 Å². The number of aliphatic hydroxyl groups is 1. The van der Waals surface area contributed by atoms with E-state index in [4.69, 9.17) is 0 Å². The van der Waals surface area contributed by atoms with Gasteiger partial charge >= 0.3 is 0 Å². The fourth-order valence-corrected chi connectivity index (χ4v) is 2.49. The summed E-state index contributed by atoms with van der Waals surface area (Å²) in [5.74, 6) is 0.386. The molecule has 8 heteroatoms. The normalized spacial score (nSPS) is 23.7. The second-order valence-electron chi connectivity index (χ2n) is 5.51. The minimum atomic E-state index is -0.507. The maximum Gasteiger partial charge on any atom is 0.271 e. The van der Waals surface area contributed by atoms with Crippen LogP contribution in [0.5, 0.6) is 0 Å². The molecule has 2 heterocycles. The van der Waals surface area contributed by atoms with Crippen molar-refractivity contribution in [1.82, 2.24) is 25.1 Å². The molecule has 22 heavy (non-hydrogen) atoms. The van der Waals surface area contributed by atoms with E-state index in [1.165, 1.54) is 6.20 Å². The summed E-state index contributed by atoms with van der Waals surface area (Å²) < 4.78 is 1.67. The molecular weight excluding hydrogens is 284 g/mol. The van der Waals surface area contributed by atoms with Gasteiger partial charge in [0, 0.05) is 26.5 Å². The summed E-state index contributed by atoms with van der Waals surface area (Å²) in [6.07, 6.45) is 6.41. The molecule has 1 aliphatic carbocycles. The quantitative estimate of drug-likeness (QED) is 0.815. The van der Waals surface area contributed by atoms with E-state index in [9.17, 15) is 9.90 Å². The fourth-order valence-electron chi connectivity index (χ4n) is 2.49. The Morgan fingerprint density at radius 2 is 2.23 bits per heavy atom. The zero-order chi connectivity index (χ0) is 15.7. The van der Waals surface area contributed by atoms with Crippen LogP contribution in [-0.2, 0) is 0 Å². The maximum absolute atomic E-state index is 12.2. The van der Waals surface area contributed by atoms with Gasteiger partial charge in [0.1, 0.15) is 11.5 Å². The van der Waals surface area contributed by atoms with E-state index in [0.29, 0.717) is 12.2 Å². The highest BCUT2D eigenvalue weighted by atomic mass is 16.3. The lowest BCUT2D eigenvalue weighted by Gasteiger charge is -2.41. The molecule has 0 radical (unpaired) electrons. The molecule has 116 valence electrons. The van der Waals surface area contributed by atoms with Gasteiger partial charge in [-0.3, -0.25) is 9.48 Å². The molecule has 3 rings (SSSR count). The first kappa shape index (κ1) is 14.5. The van der Waals surface area contributed by atoms with Crippen LogP contribution in [0.2, 0.25) is 0 Å². The summed E-state index contributed by atoms with van der Waals surface area (Å²) >= 11 is 0. The van der Waals surface area contributed by atoms with Crippen molar-refractivity contribution >= 4 is 11.7 Å². The highest BCUT2D eigenvalue weighted by Crippen LogP contribution is 2.32. The molecule has 2 aromatic rings. The summed E-state index contributed by atoms with van der Waals surface area (Å²) in [5.41, 5.74) is 0.256. The average Bonchev–Trinajstić information content (AvgIpc) is 2.99. The third kappa shape index (κ3) is 2.64. The second-order valence-corrected chi connectivity index (χ2v) is 5.51. The third-order valence-electron chi connectivity index (χ3n) is 3.78. The number of amides is 1. The summed E-state index contributed by atoms with van der Waals surface area (Å²) in [6, 6.07) is 1.38. The van der Waals surface area contributed by atoms with Crippen molar-refractivity contribution in [2.75, 3.05) is 19.0 Å². The number of carbonyl (C=O) groups excluding carboxylic acids is 1. The molecule has 8 nitrogen and oxygen atoms in total. The topological polar surface area (TPSA) is 96.2 Å². The van der Waals surface area contributed by atoms with Gasteiger partial charge in [0.05, 0.1) is 30.6 Å². The zero-order valence-corrected chi connectivity index (χ0v) is 12.4. The smallest absolute Gasteiger partial charge is 0.271 e. The van der Waals surface area contributed by atoms with Crippen molar-refractivity contribution in [2.24, 2.45) is 0 Å². The van der Waals surface area contributed by atoms with Crippen LogP contribution in [0.15, 0.2) is 30.9 Å². The Hall–Kier alpha value is -2.48. The Morgan fingerprint density at radius 1 is 1.41 bits per heavy atom. The van der Waals surface area contributed by atoms with Gasteiger partial charge in [0.2, 0.25) is 0 Å². The SMILES string of the molecule is CN(C)c1cnc(C(=O)N[C@H]2C[C@@H](O)[C@@H]2n2cccn2)cn1. The molecule has 0 bridgehead atoms. The zero-order valence-electron chi connectivity index (χ0n) is 12.4. The van der Waals surface area contributed by atoms with E-state index in [1.807, 2.05) is 19.0 Å². The predicted octanol–water partition coefficient (Wildman–Crippen LogP) is -0.157. The Bertz CT molecular complexity index is 640. The van der Waals surface area contributed by atoms with Crippen LogP contribution < -0.4 is 10.2 Å². The number of carbonyl (C=O) groups is 1. The number of nitrogens with zero attached hydrogens (tertiary/aromatic N) is 5. The van der Waals surface area contributed by atoms with Crippen LogP contribution >= 0.6 is 0 Å². The van der Waals surface area contributed by atoms with Gasteiger partial charge in [-0.25, -0.2) is 9.97 Å². The Balaban J connectivity index is 1.67. The lowest BCUT2D eigenvalue weighted by molar-refractivity contribution is -0.00595. The Labute approximate surface area is 127 Å². The van der Waals surface area contributed by atoms with Crippen molar-refractivity contribution < 1.29 is 9.90 Å². The molecule has 0 spiro atoms. The molecule has 1 amide bonds. The lowest BCUT2D eigenvalue weighted by Crippen LogP contribution is -2.56. The Kier molecular flexibility index (Phi) is 3.76. The average molecular weight is 302 g/mol. The van der Waals surface area contributed by atoms with Crippen LogP contribution in [-0.4, -0.2) is 57.0 Å². The van der Waals surface area contributed by atoms with Crippen LogP contribution in [0.1, 0.15) is 23.0 Å². The van der Waals surface area contributed by atoms with Crippen LogP contribution in [0, 0.1) is 0 Å². The number of aromatic nitrogens is 4. The van der Waals surface area contributed by atoms with E-state index in [2.05, 4.69) is 20.4 Å². The predicted molar refractivity (Wildman–Crippen MR) is 79.5 cm³/mol. The maximum atomic E-state index is 12.2. The molecule has 0 aliphatic heterocycles. The van der Waals surface area contributed by atoms with Crippen molar-refractivity contribution in [3.63, 3.8) is 0 Å². The van der Waals surface area contributed by atoms with Gasteiger partial charge in [0.25, 0.3) is 5.91 Å². The van der Waals surface area contributed by atoms with Crippen molar-refractivity contribution in [3.8, 4) is 0 Å². The van der Waals surface area contributed by atoms with Crippen LogP contribution in [0.3, 0.4) is 0 Å². The molecule has 1 saturated carbocycles. The summed E-state index contributed by atoms with van der Waals surface area (Å²) in [7, 11) is 3.71. The fraction of sp³-hybridized carbons (Fsp3) is 0.429. The van der Waals surface area contributed by atoms with Crippen molar-refractivity contribution in [1.29, 1.82) is 0 Å². The van der Waals surface area contributed by atoms with E-state index in [1.54, 1.807) is 29.3 Å². The molecule has 0 aromatic carbocycles. The minimum absolute atomic E-state index is 0.169. The Morgan fingerprint density at radius 3 is 2.77 bits per heavy atom. The summed E-state index contributed by atoms with van der Waals surface area (Å²) in [6.45, 7) is 0. The van der Waals surface area contributed by atoms with Gasteiger partial charge in [0.15, 0.2) is 0 Å². The first-order chi connectivity index (χ1) is 10.6.